The molecule has 1 fully saturated rings. The molecular formula is C14H27BO8P2. The van der Waals surface area contributed by atoms with E-state index < -0.39 is 45.5 Å². The molecule has 0 spiro atoms. The average molecular weight is 396 g/mol. The van der Waals surface area contributed by atoms with E-state index in [0.29, 0.717) is 12.8 Å². The van der Waals surface area contributed by atoms with Gasteiger partial charge in [0.2, 0.25) is 0 Å². The summed E-state index contributed by atoms with van der Waals surface area (Å²) in [7, 11) is 0.319. The van der Waals surface area contributed by atoms with Gasteiger partial charge in [-0.2, -0.15) is 0 Å². The van der Waals surface area contributed by atoms with Gasteiger partial charge in [-0.15, -0.1) is 0 Å². The molecule has 1 rings (SSSR count). The first-order valence-corrected chi connectivity index (χ1v) is 11.2. The van der Waals surface area contributed by atoms with Crippen molar-refractivity contribution in [3.63, 3.8) is 0 Å². The van der Waals surface area contributed by atoms with Crippen molar-refractivity contribution in [3.8, 4) is 0 Å². The van der Waals surface area contributed by atoms with Crippen molar-refractivity contribution in [2.24, 2.45) is 5.92 Å². The maximum Gasteiger partial charge on any atom is 0.472 e. The topological polar surface area (TPSA) is 112 Å². The molecule has 0 amide bonds. The van der Waals surface area contributed by atoms with E-state index in [1.54, 1.807) is 6.92 Å². The number of phosphoric ester groups is 1. The predicted octanol–water partition coefficient (Wildman–Crippen LogP) is 3.01. The van der Waals surface area contributed by atoms with Crippen molar-refractivity contribution in [1.29, 1.82) is 0 Å². The molecule has 0 bridgehead atoms. The lowest BCUT2D eigenvalue weighted by Crippen LogP contribution is -2.31. The molecule has 1 aliphatic carbocycles. The number of methoxy groups -OCH3 is 1. The van der Waals surface area contributed by atoms with E-state index in [1.165, 1.54) is 13.2 Å². The Kier molecular flexibility index (Phi) is 9.05. The van der Waals surface area contributed by atoms with Crippen LogP contribution in [0.15, 0.2) is 11.9 Å². The summed E-state index contributed by atoms with van der Waals surface area (Å²) in [6.45, 7) is 3.62. The molecule has 2 radical (unpaired) electrons. The summed E-state index contributed by atoms with van der Waals surface area (Å²) in [4.78, 5) is 19.5. The van der Waals surface area contributed by atoms with E-state index in [2.05, 4.69) is 4.52 Å². The molecule has 0 aromatic rings. The molecule has 11 heteroatoms. The Morgan fingerprint density at radius 3 is 2.44 bits per heavy atom. The lowest BCUT2D eigenvalue weighted by atomic mass is 9.83. The van der Waals surface area contributed by atoms with E-state index in [1.807, 2.05) is 6.92 Å². The zero-order valence-electron chi connectivity index (χ0n) is 15.0. The van der Waals surface area contributed by atoms with Gasteiger partial charge in [-0.05, 0) is 25.6 Å². The third-order valence-electron chi connectivity index (χ3n) is 4.03. The minimum Gasteiger partial charge on any atom is -0.379 e. The Hall–Kier alpha value is 0.0249. The summed E-state index contributed by atoms with van der Waals surface area (Å²) in [5.74, 6) is 0.0567. The second kappa shape index (κ2) is 9.81. The number of phosphoric acid groups is 1. The van der Waals surface area contributed by atoms with Crippen LogP contribution in [-0.4, -0.2) is 50.2 Å². The summed E-state index contributed by atoms with van der Waals surface area (Å²) in [5, 5.41) is 0. The lowest BCUT2D eigenvalue weighted by Gasteiger charge is -2.27. The highest BCUT2D eigenvalue weighted by atomic mass is 31.2. The predicted molar refractivity (Wildman–Crippen MR) is 94.5 cm³/mol. The Labute approximate surface area is 150 Å². The zero-order valence-corrected chi connectivity index (χ0v) is 16.8. The minimum absolute atomic E-state index is 0.355. The van der Waals surface area contributed by atoms with Gasteiger partial charge in [-0.3, -0.25) is 13.6 Å². The molecule has 1 saturated carbocycles. The van der Waals surface area contributed by atoms with Crippen molar-refractivity contribution in [3.05, 3.63) is 11.9 Å². The van der Waals surface area contributed by atoms with Gasteiger partial charge in [0, 0.05) is 26.0 Å². The molecule has 2 N–H and O–H groups in total. The van der Waals surface area contributed by atoms with Gasteiger partial charge in [0.1, 0.15) is 6.10 Å². The summed E-state index contributed by atoms with van der Waals surface area (Å²) in [5.41, 5.74) is 0. The minimum atomic E-state index is -4.35. The van der Waals surface area contributed by atoms with Crippen molar-refractivity contribution in [2.45, 2.75) is 57.2 Å². The van der Waals surface area contributed by atoms with Gasteiger partial charge < -0.3 is 19.0 Å². The Bertz CT molecular complexity index is 543. The molecule has 0 heterocycles. The van der Waals surface area contributed by atoms with Crippen molar-refractivity contribution >= 4 is 23.3 Å². The third kappa shape index (κ3) is 7.27. The second-order valence-corrected chi connectivity index (χ2v) is 9.25. The van der Waals surface area contributed by atoms with Crippen LogP contribution in [0.25, 0.3) is 0 Å². The van der Waals surface area contributed by atoms with Gasteiger partial charge in [-0.1, -0.05) is 19.4 Å². The second-order valence-electron chi connectivity index (χ2n) is 6.10. The van der Waals surface area contributed by atoms with Crippen molar-refractivity contribution < 1.29 is 37.2 Å². The fraction of sp³-hybridized carbons (Fsp3) is 0.857. The van der Waals surface area contributed by atoms with Crippen molar-refractivity contribution in [2.75, 3.05) is 14.2 Å². The van der Waals surface area contributed by atoms with Gasteiger partial charge in [-0.25, -0.2) is 4.57 Å². The number of hydrogen-bond acceptors (Lipinski definition) is 6. The van der Waals surface area contributed by atoms with Gasteiger partial charge >= 0.3 is 15.4 Å². The fourth-order valence-electron chi connectivity index (χ4n) is 2.85. The maximum absolute atomic E-state index is 12.3. The maximum atomic E-state index is 12.3. The van der Waals surface area contributed by atoms with Crippen LogP contribution < -0.4 is 0 Å². The largest absolute Gasteiger partial charge is 0.472 e. The number of ether oxygens (including phenoxy) is 1. The monoisotopic (exact) mass is 396 g/mol. The van der Waals surface area contributed by atoms with E-state index >= 15 is 0 Å². The van der Waals surface area contributed by atoms with E-state index in [0.717, 1.165) is 19.3 Å². The van der Waals surface area contributed by atoms with Crippen LogP contribution >= 0.6 is 15.4 Å². The molecule has 0 aliphatic heterocycles. The molecule has 144 valence electrons. The Morgan fingerprint density at radius 1 is 1.28 bits per heavy atom. The van der Waals surface area contributed by atoms with E-state index in [9.17, 15) is 18.9 Å². The average Bonchev–Trinajstić information content (AvgIpc) is 2.79. The van der Waals surface area contributed by atoms with Crippen molar-refractivity contribution in [1.82, 2.24) is 0 Å². The molecule has 7 atom stereocenters. The number of hydrogen-bond donors (Lipinski definition) is 2. The van der Waals surface area contributed by atoms with Gasteiger partial charge in [0.15, 0.2) is 0 Å². The molecule has 0 aromatic carbocycles. The molecule has 0 saturated heterocycles. The smallest absolute Gasteiger partial charge is 0.379 e. The SMILES string of the molecule is [B]C1C[C@H](/C=C/P(=O)(O)OC)[C@@H](OP(=O)(O)OC(C)CCC)[C@H]1OC. The van der Waals surface area contributed by atoms with Crippen LogP contribution in [0, 0.1) is 5.92 Å². The van der Waals surface area contributed by atoms with E-state index in [4.69, 9.17) is 21.6 Å². The highest BCUT2D eigenvalue weighted by Crippen LogP contribution is 2.52. The highest BCUT2D eigenvalue weighted by Gasteiger charge is 2.45. The van der Waals surface area contributed by atoms with Crippen LogP contribution in [-0.2, 0) is 27.4 Å². The number of rotatable bonds is 10. The van der Waals surface area contributed by atoms with Crippen LogP contribution in [0.2, 0.25) is 5.82 Å². The third-order valence-corrected chi connectivity index (χ3v) is 6.24. The summed E-state index contributed by atoms with van der Waals surface area (Å²) < 4.78 is 44.1. The zero-order chi connectivity index (χ0) is 19.3. The Morgan fingerprint density at radius 2 is 1.92 bits per heavy atom. The van der Waals surface area contributed by atoms with Crippen LogP contribution in [0.5, 0.6) is 0 Å². The standard InChI is InChI=1S/C14H27BO8P2/c1-5-6-10(2)22-25(18,19)23-13-11(7-8-24(16,17)21-4)9-12(15)14(13)20-3/h7-8,10-14H,5-6,9H2,1-4H3,(H,16,17)(H,18,19)/b8-7+/t10?,11-,12?,13+,14-/m0/s1. The Balaban J connectivity index is 2.92. The molecular weight excluding hydrogens is 369 g/mol. The molecule has 1 aliphatic rings. The summed E-state index contributed by atoms with van der Waals surface area (Å²) in [6.07, 6.45) is 1.17. The first-order chi connectivity index (χ1) is 11.5. The summed E-state index contributed by atoms with van der Waals surface area (Å²) >= 11 is 0. The molecule has 8 nitrogen and oxygen atoms in total. The van der Waals surface area contributed by atoms with Crippen LogP contribution in [0.3, 0.4) is 0 Å². The van der Waals surface area contributed by atoms with Gasteiger partial charge in [0.25, 0.3) is 0 Å². The van der Waals surface area contributed by atoms with E-state index in [-0.39, 0.29) is 0 Å². The molecule has 25 heavy (non-hydrogen) atoms. The quantitative estimate of drug-likeness (QED) is 0.428. The highest BCUT2D eigenvalue weighted by molar-refractivity contribution is 7.56. The molecule has 4 unspecified atom stereocenters. The molecule has 0 aromatic heterocycles. The fourth-order valence-corrected chi connectivity index (χ4v) is 4.60. The first kappa shape index (κ1) is 23.1. The first-order valence-electron chi connectivity index (χ1n) is 8.10. The lowest BCUT2D eigenvalue weighted by molar-refractivity contribution is -0.0119. The van der Waals surface area contributed by atoms with Crippen LogP contribution in [0.4, 0.5) is 0 Å². The van der Waals surface area contributed by atoms with Crippen LogP contribution in [0.1, 0.15) is 33.1 Å². The van der Waals surface area contributed by atoms with Gasteiger partial charge in [0.05, 0.1) is 20.1 Å². The normalized spacial score (nSPS) is 33.2. The summed E-state index contributed by atoms with van der Waals surface area (Å²) in [6, 6.07) is 0.